The molecule has 6 nitrogen and oxygen atoms in total. The molecule has 0 aliphatic carbocycles. The summed E-state index contributed by atoms with van der Waals surface area (Å²) < 4.78 is 34.2. The van der Waals surface area contributed by atoms with Crippen LogP contribution in [0.3, 0.4) is 0 Å². The molecule has 0 bridgehead atoms. The van der Waals surface area contributed by atoms with Crippen molar-refractivity contribution in [2.75, 3.05) is 19.5 Å². The number of fused-ring (bicyclic) bond motifs is 1. The van der Waals surface area contributed by atoms with Gasteiger partial charge in [-0.2, -0.15) is 0 Å². The smallest absolute Gasteiger partial charge is 0.251 e. The number of sulfone groups is 1. The van der Waals surface area contributed by atoms with Gasteiger partial charge in [0.15, 0.2) is 21.3 Å². The third kappa shape index (κ3) is 5.23. The summed E-state index contributed by atoms with van der Waals surface area (Å²) in [5.74, 6) is 1.04. The molecule has 27 heavy (non-hydrogen) atoms. The van der Waals surface area contributed by atoms with Crippen molar-refractivity contribution < 1.29 is 22.7 Å². The molecule has 0 spiro atoms. The van der Waals surface area contributed by atoms with Crippen LogP contribution in [0.2, 0.25) is 0 Å². The van der Waals surface area contributed by atoms with Crippen molar-refractivity contribution in [1.82, 2.24) is 5.32 Å². The van der Waals surface area contributed by atoms with Crippen molar-refractivity contribution in [3.05, 3.63) is 59.2 Å². The third-order valence-corrected chi connectivity index (χ3v) is 5.09. The molecule has 3 rings (SSSR count). The van der Waals surface area contributed by atoms with Crippen LogP contribution in [-0.2, 0) is 15.6 Å². The minimum atomic E-state index is -3.15. The Labute approximate surface area is 159 Å². The van der Waals surface area contributed by atoms with E-state index in [0.717, 1.165) is 12.0 Å². The first-order valence-corrected chi connectivity index (χ1v) is 10.8. The predicted molar refractivity (Wildman–Crippen MR) is 103 cm³/mol. The number of carbonyl (C=O) groups is 1. The van der Waals surface area contributed by atoms with E-state index in [4.69, 9.17) is 9.47 Å². The Morgan fingerprint density at radius 1 is 1.11 bits per heavy atom. The molecule has 0 aromatic heterocycles. The van der Waals surface area contributed by atoms with Crippen LogP contribution in [0, 0.1) is 0 Å². The second-order valence-corrected chi connectivity index (χ2v) is 8.86. The van der Waals surface area contributed by atoms with Crippen LogP contribution < -0.4 is 14.8 Å². The molecule has 1 N–H and O–H groups in total. The van der Waals surface area contributed by atoms with Crippen LogP contribution in [0.4, 0.5) is 0 Å². The van der Waals surface area contributed by atoms with Gasteiger partial charge in [-0.1, -0.05) is 18.2 Å². The van der Waals surface area contributed by atoms with E-state index in [0.29, 0.717) is 35.8 Å². The Bertz CT molecular complexity index is 939. The number of hydrogen-bond donors (Lipinski definition) is 1. The highest BCUT2D eigenvalue weighted by atomic mass is 32.2. The number of amides is 1. The van der Waals surface area contributed by atoms with Crippen LogP contribution in [0.15, 0.2) is 42.5 Å². The lowest BCUT2D eigenvalue weighted by atomic mass is 10.1. The molecule has 1 aliphatic rings. The van der Waals surface area contributed by atoms with Crippen molar-refractivity contribution >= 4 is 15.7 Å². The van der Waals surface area contributed by atoms with E-state index in [-0.39, 0.29) is 17.7 Å². The molecule has 1 aliphatic heterocycles. The van der Waals surface area contributed by atoms with Gasteiger partial charge in [0, 0.05) is 18.2 Å². The maximum Gasteiger partial charge on any atom is 0.251 e. The fourth-order valence-electron chi connectivity index (χ4n) is 2.92. The van der Waals surface area contributed by atoms with E-state index in [1.54, 1.807) is 24.3 Å². The van der Waals surface area contributed by atoms with Crippen LogP contribution in [0.5, 0.6) is 11.5 Å². The highest BCUT2D eigenvalue weighted by Crippen LogP contribution is 2.32. The van der Waals surface area contributed by atoms with Gasteiger partial charge in [-0.3, -0.25) is 4.79 Å². The summed E-state index contributed by atoms with van der Waals surface area (Å²) in [6.07, 6.45) is 2.01. The number of carbonyl (C=O) groups excluding carboxylic acids is 1. The van der Waals surface area contributed by atoms with Gasteiger partial charge >= 0.3 is 0 Å². The summed E-state index contributed by atoms with van der Waals surface area (Å²) >= 11 is 0. The molecule has 0 radical (unpaired) electrons. The lowest BCUT2D eigenvalue weighted by molar-refractivity contribution is 0.0939. The van der Waals surface area contributed by atoms with E-state index < -0.39 is 9.84 Å². The number of benzene rings is 2. The first kappa shape index (κ1) is 19.2. The SMILES string of the molecule is CC(NC(=O)c1cccc(CS(C)(=O)=O)c1)c1ccc2c(c1)OCCCO2. The van der Waals surface area contributed by atoms with E-state index in [2.05, 4.69) is 5.32 Å². The number of nitrogens with one attached hydrogen (secondary N) is 1. The van der Waals surface area contributed by atoms with Crippen molar-refractivity contribution in [2.45, 2.75) is 25.1 Å². The van der Waals surface area contributed by atoms with E-state index in [9.17, 15) is 13.2 Å². The fraction of sp³-hybridized carbons (Fsp3) is 0.350. The maximum atomic E-state index is 12.6. The van der Waals surface area contributed by atoms with Gasteiger partial charge in [0.1, 0.15) is 0 Å². The number of hydrogen-bond acceptors (Lipinski definition) is 5. The van der Waals surface area contributed by atoms with Crippen molar-refractivity contribution in [1.29, 1.82) is 0 Å². The van der Waals surface area contributed by atoms with E-state index in [1.165, 1.54) is 6.26 Å². The molecular formula is C20H23NO5S. The predicted octanol–water partition coefficient (Wildman–Crippen LogP) is 2.88. The van der Waals surface area contributed by atoms with Gasteiger partial charge in [0.05, 0.1) is 25.0 Å². The zero-order valence-electron chi connectivity index (χ0n) is 15.4. The summed E-state index contributed by atoms with van der Waals surface area (Å²) in [5, 5.41) is 2.94. The molecule has 1 atom stereocenters. The number of rotatable bonds is 5. The average molecular weight is 389 g/mol. The van der Waals surface area contributed by atoms with E-state index >= 15 is 0 Å². The molecule has 1 amide bonds. The second-order valence-electron chi connectivity index (χ2n) is 6.72. The zero-order valence-corrected chi connectivity index (χ0v) is 16.2. The molecule has 144 valence electrons. The second kappa shape index (κ2) is 8.00. The zero-order chi connectivity index (χ0) is 19.4. The van der Waals surface area contributed by atoms with E-state index in [1.807, 2.05) is 25.1 Å². The Hall–Kier alpha value is -2.54. The average Bonchev–Trinajstić information content (AvgIpc) is 2.85. The standard InChI is InChI=1S/C20H23NO5S/c1-14(16-7-8-18-19(12-16)26-10-4-9-25-18)21-20(22)17-6-3-5-15(11-17)13-27(2,23)24/h3,5-8,11-12,14H,4,9-10,13H2,1-2H3,(H,21,22). The first-order valence-electron chi connectivity index (χ1n) is 8.79. The van der Waals surface area contributed by atoms with Crippen LogP contribution >= 0.6 is 0 Å². The summed E-state index contributed by atoms with van der Waals surface area (Å²) in [5.41, 5.74) is 1.92. The van der Waals surface area contributed by atoms with Crippen LogP contribution in [-0.4, -0.2) is 33.8 Å². The highest BCUT2D eigenvalue weighted by molar-refractivity contribution is 7.89. The van der Waals surface area contributed by atoms with Crippen molar-refractivity contribution in [2.24, 2.45) is 0 Å². The van der Waals surface area contributed by atoms with Gasteiger partial charge in [0.25, 0.3) is 5.91 Å². The minimum Gasteiger partial charge on any atom is -0.490 e. The van der Waals surface area contributed by atoms with Crippen molar-refractivity contribution in [3.63, 3.8) is 0 Å². The van der Waals surface area contributed by atoms with Gasteiger partial charge in [0.2, 0.25) is 0 Å². The van der Waals surface area contributed by atoms with Gasteiger partial charge in [-0.15, -0.1) is 0 Å². The quantitative estimate of drug-likeness (QED) is 0.850. The molecular weight excluding hydrogens is 366 g/mol. The minimum absolute atomic E-state index is 0.0914. The summed E-state index contributed by atoms with van der Waals surface area (Å²) in [6, 6.07) is 12.1. The Kier molecular flexibility index (Phi) is 5.70. The van der Waals surface area contributed by atoms with Gasteiger partial charge in [-0.05, 0) is 42.3 Å². The summed E-state index contributed by atoms with van der Waals surface area (Å²) in [7, 11) is -3.15. The summed E-state index contributed by atoms with van der Waals surface area (Å²) in [6.45, 7) is 3.12. The molecule has 2 aromatic rings. The fourth-order valence-corrected chi connectivity index (χ4v) is 3.70. The molecule has 0 saturated heterocycles. The van der Waals surface area contributed by atoms with Gasteiger partial charge in [-0.25, -0.2) is 8.42 Å². The molecule has 0 saturated carbocycles. The third-order valence-electron chi connectivity index (χ3n) is 4.24. The monoisotopic (exact) mass is 389 g/mol. The largest absolute Gasteiger partial charge is 0.490 e. The highest BCUT2D eigenvalue weighted by Gasteiger charge is 2.16. The Morgan fingerprint density at radius 3 is 2.59 bits per heavy atom. The van der Waals surface area contributed by atoms with Crippen LogP contribution in [0.25, 0.3) is 0 Å². The lowest BCUT2D eigenvalue weighted by Crippen LogP contribution is -2.26. The van der Waals surface area contributed by atoms with Crippen molar-refractivity contribution in [3.8, 4) is 11.5 Å². The Morgan fingerprint density at radius 2 is 1.85 bits per heavy atom. The Balaban J connectivity index is 1.72. The number of ether oxygens (including phenoxy) is 2. The van der Waals surface area contributed by atoms with Gasteiger partial charge < -0.3 is 14.8 Å². The molecule has 2 aromatic carbocycles. The molecule has 7 heteroatoms. The molecule has 1 heterocycles. The molecule has 1 unspecified atom stereocenters. The first-order chi connectivity index (χ1) is 12.8. The summed E-state index contributed by atoms with van der Waals surface area (Å²) in [4.78, 5) is 12.6. The normalized spacial score (nSPS) is 14.9. The maximum absolute atomic E-state index is 12.6. The van der Waals surface area contributed by atoms with Crippen LogP contribution in [0.1, 0.15) is 40.9 Å². The topological polar surface area (TPSA) is 81.7 Å². The molecule has 0 fully saturated rings. The lowest BCUT2D eigenvalue weighted by Gasteiger charge is -2.17.